The Morgan fingerprint density at radius 1 is 1.25 bits per heavy atom. The molecule has 4 nitrogen and oxygen atoms in total. The summed E-state index contributed by atoms with van der Waals surface area (Å²) in [6.45, 7) is 5.39. The fourth-order valence-corrected chi connectivity index (χ4v) is 3.27. The van der Waals surface area contributed by atoms with E-state index < -0.39 is 6.43 Å². The number of carbonyl (C=O) groups is 2. The van der Waals surface area contributed by atoms with Gasteiger partial charge in [0.15, 0.2) is 0 Å². The molecule has 0 saturated heterocycles. The molecule has 170 valence electrons. The maximum atomic E-state index is 12.2. The van der Waals surface area contributed by atoms with Crippen molar-refractivity contribution in [2.75, 3.05) is 12.4 Å². The predicted molar refractivity (Wildman–Crippen MR) is 120 cm³/mol. The monoisotopic (exact) mass is 469 g/mol. The molecular formula is C25H30F2KNO3-2. The minimum absolute atomic E-state index is 0. The standard InChI is InChI=1S/C15H20NO2.C9H7F2O.CH3.K/c1-11-8-9-13(10-14(11)18-2)16-15(17)12-6-4-3-5-7-12;1-6-7(5-12)3-2-4-8(6)9(10)11;;/h3,8-10,12H,4-7H2,1-2H3,(H,16,17);2-5,9H,1H2;1H3;/q3*-1;+1. The molecule has 0 aromatic heterocycles. The van der Waals surface area contributed by atoms with Crippen LogP contribution < -0.4 is 61.4 Å². The zero-order chi connectivity index (χ0) is 22.1. The Labute approximate surface area is 232 Å². The van der Waals surface area contributed by atoms with Crippen molar-refractivity contribution in [3.8, 4) is 5.75 Å². The normalized spacial score (nSPS) is 13.0. The molecule has 2 aromatic rings. The average Bonchev–Trinajstić information content (AvgIpc) is 2.76. The van der Waals surface area contributed by atoms with Crippen molar-refractivity contribution in [3.05, 3.63) is 79.4 Å². The molecule has 32 heavy (non-hydrogen) atoms. The maximum absolute atomic E-state index is 12.2. The Morgan fingerprint density at radius 2 is 1.91 bits per heavy atom. The summed E-state index contributed by atoms with van der Waals surface area (Å²) in [7, 11) is 1.64. The van der Waals surface area contributed by atoms with Gasteiger partial charge in [0.2, 0.25) is 12.3 Å². The SMILES string of the molecule is COc1cc(NC(=O)C2CC[CH-]CC2)ccc1C.[CH2-]c1c(C=O)cccc1C(F)F.[CH3-].[K+]. The summed E-state index contributed by atoms with van der Waals surface area (Å²) in [6.07, 6.45) is 4.25. The molecule has 1 aliphatic carbocycles. The van der Waals surface area contributed by atoms with E-state index >= 15 is 0 Å². The van der Waals surface area contributed by atoms with Gasteiger partial charge in [0.05, 0.1) is 13.4 Å². The van der Waals surface area contributed by atoms with Crippen molar-refractivity contribution in [1.29, 1.82) is 0 Å². The van der Waals surface area contributed by atoms with Crippen molar-refractivity contribution in [2.24, 2.45) is 5.92 Å². The summed E-state index contributed by atoms with van der Waals surface area (Å²) in [6, 6.07) is 9.90. The zero-order valence-corrected chi connectivity index (χ0v) is 22.4. The first-order valence-electron chi connectivity index (χ1n) is 9.82. The first kappa shape index (κ1) is 30.7. The Kier molecular flexibility index (Phi) is 15.0. The molecule has 0 spiro atoms. The topological polar surface area (TPSA) is 55.4 Å². The number of halogens is 2. The van der Waals surface area contributed by atoms with Crippen LogP contribution >= 0.6 is 0 Å². The molecular weight excluding hydrogens is 439 g/mol. The second-order valence-electron chi connectivity index (χ2n) is 7.15. The summed E-state index contributed by atoms with van der Waals surface area (Å²) in [5, 5.41) is 2.98. The van der Waals surface area contributed by atoms with Crippen molar-refractivity contribution in [1.82, 2.24) is 0 Å². The van der Waals surface area contributed by atoms with Gasteiger partial charge in [-0.3, -0.25) is 4.79 Å². The van der Waals surface area contributed by atoms with E-state index in [-0.39, 0.29) is 87.3 Å². The fraction of sp³-hybridized carbons (Fsp3) is 0.320. The minimum Gasteiger partial charge on any atom is -0.496 e. The third kappa shape index (κ3) is 8.94. The first-order chi connectivity index (χ1) is 14.4. The number of nitrogens with one attached hydrogen (secondary N) is 1. The fourth-order valence-electron chi connectivity index (χ4n) is 3.27. The maximum Gasteiger partial charge on any atom is 1.00 e. The number of amides is 1. The van der Waals surface area contributed by atoms with E-state index in [1.807, 2.05) is 25.1 Å². The Balaban J connectivity index is 0.000000607. The summed E-state index contributed by atoms with van der Waals surface area (Å²) in [5.74, 6) is 1.10. The van der Waals surface area contributed by atoms with Crippen LogP contribution in [-0.4, -0.2) is 19.3 Å². The quantitative estimate of drug-likeness (QED) is 0.415. The van der Waals surface area contributed by atoms with Crippen LogP contribution in [0.25, 0.3) is 0 Å². The van der Waals surface area contributed by atoms with E-state index in [1.54, 1.807) is 7.11 Å². The van der Waals surface area contributed by atoms with E-state index in [2.05, 4.69) is 18.7 Å². The predicted octanol–water partition coefficient (Wildman–Crippen LogP) is 3.41. The average molecular weight is 470 g/mol. The second kappa shape index (κ2) is 15.6. The number of aryl methyl sites for hydroxylation is 1. The van der Waals surface area contributed by atoms with E-state index in [0.29, 0.717) is 6.29 Å². The van der Waals surface area contributed by atoms with Crippen LogP contribution in [0.3, 0.4) is 0 Å². The van der Waals surface area contributed by atoms with Crippen LogP contribution in [0.15, 0.2) is 36.4 Å². The van der Waals surface area contributed by atoms with Gasteiger partial charge in [-0.25, -0.2) is 8.78 Å². The first-order valence-corrected chi connectivity index (χ1v) is 9.82. The van der Waals surface area contributed by atoms with Gasteiger partial charge in [0.1, 0.15) is 5.75 Å². The number of anilines is 1. The number of ether oxygens (including phenoxy) is 1. The van der Waals surface area contributed by atoms with Crippen molar-refractivity contribution >= 4 is 17.9 Å². The molecule has 1 saturated carbocycles. The number of alkyl halides is 2. The summed E-state index contributed by atoms with van der Waals surface area (Å²) >= 11 is 0. The smallest absolute Gasteiger partial charge is 0.496 e. The van der Waals surface area contributed by atoms with Gasteiger partial charge in [0, 0.05) is 17.7 Å². The minimum atomic E-state index is -2.57. The molecule has 3 rings (SSSR count). The van der Waals surface area contributed by atoms with Crippen LogP contribution in [-0.2, 0) is 4.79 Å². The van der Waals surface area contributed by atoms with Gasteiger partial charge < -0.3 is 28.7 Å². The van der Waals surface area contributed by atoms with Crippen molar-refractivity contribution < 1.29 is 74.5 Å². The van der Waals surface area contributed by atoms with Crippen molar-refractivity contribution in [2.45, 2.75) is 39.0 Å². The van der Waals surface area contributed by atoms with Gasteiger partial charge in [-0.2, -0.15) is 25.3 Å². The number of carbonyl (C=O) groups excluding carboxylic acids is 2. The largest absolute Gasteiger partial charge is 1.00 e. The number of benzene rings is 2. The molecule has 1 aliphatic rings. The van der Waals surface area contributed by atoms with Crippen LogP contribution in [0.5, 0.6) is 5.75 Å². The molecule has 1 fully saturated rings. The van der Waals surface area contributed by atoms with E-state index in [4.69, 9.17) is 4.74 Å². The summed E-state index contributed by atoms with van der Waals surface area (Å²) in [4.78, 5) is 22.4. The Hall–Kier alpha value is -1.25. The number of hydrogen-bond acceptors (Lipinski definition) is 3. The molecule has 0 radical (unpaired) electrons. The third-order valence-corrected chi connectivity index (χ3v) is 5.10. The summed E-state index contributed by atoms with van der Waals surface area (Å²) in [5.41, 5.74) is 2.04. The zero-order valence-electron chi connectivity index (χ0n) is 19.3. The second-order valence-corrected chi connectivity index (χ2v) is 7.15. The number of rotatable bonds is 5. The molecule has 1 amide bonds. The van der Waals surface area contributed by atoms with Crippen LogP contribution in [0.4, 0.5) is 14.5 Å². The molecule has 0 heterocycles. The Bertz CT molecular complexity index is 868. The van der Waals surface area contributed by atoms with Gasteiger partial charge in [-0.15, -0.1) is 12.1 Å². The number of methoxy groups -OCH3 is 1. The molecule has 7 heteroatoms. The van der Waals surface area contributed by atoms with Gasteiger partial charge in [-0.05, 0) is 18.6 Å². The molecule has 0 atom stereocenters. The van der Waals surface area contributed by atoms with Crippen LogP contribution in [0.2, 0.25) is 0 Å². The van der Waals surface area contributed by atoms with Gasteiger partial charge >= 0.3 is 51.4 Å². The molecule has 0 bridgehead atoms. The van der Waals surface area contributed by atoms with Gasteiger partial charge in [-0.1, -0.05) is 36.1 Å². The van der Waals surface area contributed by atoms with Crippen LogP contribution in [0.1, 0.15) is 59.2 Å². The number of hydrogen-bond donors (Lipinski definition) is 1. The summed E-state index contributed by atoms with van der Waals surface area (Å²) < 4.78 is 29.6. The van der Waals surface area contributed by atoms with Crippen LogP contribution in [0, 0.1) is 33.6 Å². The third-order valence-electron chi connectivity index (χ3n) is 5.10. The molecule has 1 N–H and O–H groups in total. The Morgan fingerprint density at radius 3 is 2.47 bits per heavy atom. The van der Waals surface area contributed by atoms with E-state index in [1.165, 1.54) is 18.2 Å². The van der Waals surface area contributed by atoms with Crippen molar-refractivity contribution in [3.63, 3.8) is 0 Å². The van der Waals surface area contributed by atoms with Gasteiger partial charge in [0.25, 0.3) is 0 Å². The molecule has 2 aromatic carbocycles. The number of aldehydes is 1. The molecule has 0 unspecified atom stereocenters. The van der Waals surface area contributed by atoms with E-state index in [9.17, 15) is 18.4 Å². The van der Waals surface area contributed by atoms with E-state index in [0.717, 1.165) is 42.7 Å². The molecule has 0 aliphatic heterocycles.